The number of fused-ring (bicyclic) bond motifs is 1. The van der Waals surface area contributed by atoms with Gasteiger partial charge in [-0.2, -0.15) is 0 Å². The molecule has 0 saturated carbocycles. The molecule has 0 N–H and O–H groups in total. The van der Waals surface area contributed by atoms with Crippen molar-refractivity contribution in [3.63, 3.8) is 0 Å². The summed E-state index contributed by atoms with van der Waals surface area (Å²) in [4.78, 5) is 5.43. The van der Waals surface area contributed by atoms with Crippen LogP contribution in [0.3, 0.4) is 0 Å². The minimum absolute atomic E-state index is 0.448. The second-order valence-corrected chi connectivity index (χ2v) is 7.21. The largest absolute Gasteiger partial charge is 0.300 e. The smallest absolute Gasteiger partial charge is 0.0223 e. The van der Waals surface area contributed by atoms with Crippen molar-refractivity contribution in [2.24, 2.45) is 11.3 Å². The number of piperazine rings is 1. The minimum Gasteiger partial charge on any atom is -0.300 e. The molecule has 2 rings (SSSR count). The van der Waals surface area contributed by atoms with Crippen molar-refractivity contribution in [3.05, 3.63) is 0 Å². The second kappa shape index (κ2) is 5.27. The molecule has 2 nitrogen and oxygen atoms in total. The summed E-state index contributed by atoms with van der Waals surface area (Å²) in [6.07, 6.45) is 4.30. The van der Waals surface area contributed by atoms with Gasteiger partial charge in [-0.1, -0.05) is 34.1 Å². The lowest BCUT2D eigenvalue weighted by Crippen LogP contribution is -2.55. The zero-order valence-electron chi connectivity index (χ0n) is 12.2. The normalized spacial score (nSPS) is 30.0. The van der Waals surface area contributed by atoms with Gasteiger partial charge in [0.05, 0.1) is 0 Å². The third-order valence-electron chi connectivity index (χ3n) is 4.93. The van der Waals surface area contributed by atoms with E-state index in [1.54, 1.807) is 0 Å². The fraction of sp³-hybridized carbons (Fsp3) is 1.00. The highest BCUT2D eigenvalue weighted by Crippen LogP contribution is 2.28. The maximum absolute atomic E-state index is 2.72. The summed E-state index contributed by atoms with van der Waals surface area (Å²) in [7, 11) is 0. The van der Waals surface area contributed by atoms with Crippen molar-refractivity contribution >= 4 is 0 Å². The minimum atomic E-state index is 0.448. The van der Waals surface area contributed by atoms with Gasteiger partial charge in [0.1, 0.15) is 0 Å². The topological polar surface area (TPSA) is 6.48 Å². The van der Waals surface area contributed by atoms with E-state index in [0.717, 1.165) is 12.0 Å². The van der Waals surface area contributed by atoms with Gasteiger partial charge >= 0.3 is 0 Å². The van der Waals surface area contributed by atoms with E-state index in [-0.39, 0.29) is 0 Å². The Morgan fingerprint density at radius 2 is 1.88 bits per heavy atom. The van der Waals surface area contributed by atoms with Crippen molar-refractivity contribution in [2.45, 2.75) is 53.0 Å². The fourth-order valence-corrected chi connectivity index (χ4v) is 3.05. The summed E-state index contributed by atoms with van der Waals surface area (Å²) in [5.74, 6) is 0.789. The van der Waals surface area contributed by atoms with Crippen LogP contribution in [0.15, 0.2) is 0 Å². The molecule has 2 heterocycles. The van der Waals surface area contributed by atoms with E-state index in [1.165, 1.54) is 52.0 Å². The predicted octanol–water partition coefficient (Wildman–Crippen LogP) is 2.84. The maximum atomic E-state index is 2.72. The molecule has 2 aliphatic heterocycles. The Hall–Kier alpha value is -0.0800. The van der Waals surface area contributed by atoms with E-state index < -0.39 is 0 Å². The molecule has 2 fully saturated rings. The molecule has 0 amide bonds. The molecule has 2 atom stereocenters. The van der Waals surface area contributed by atoms with Crippen LogP contribution in [0.5, 0.6) is 0 Å². The summed E-state index contributed by atoms with van der Waals surface area (Å²) < 4.78 is 0. The molecule has 0 aliphatic carbocycles. The first-order valence-corrected chi connectivity index (χ1v) is 7.43. The van der Waals surface area contributed by atoms with Gasteiger partial charge in [0.15, 0.2) is 0 Å². The lowest BCUT2D eigenvalue weighted by atomic mass is 9.81. The van der Waals surface area contributed by atoms with E-state index in [4.69, 9.17) is 0 Å². The SMILES string of the molecule is CC(CN1CCN2CCCCC2C1)C(C)(C)C. The van der Waals surface area contributed by atoms with Gasteiger partial charge in [-0.3, -0.25) is 4.90 Å². The van der Waals surface area contributed by atoms with Crippen molar-refractivity contribution in [1.29, 1.82) is 0 Å². The lowest BCUT2D eigenvalue weighted by molar-refractivity contribution is 0.0329. The molecular weight excluding hydrogens is 208 g/mol. The number of hydrogen-bond acceptors (Lipinski definition) is 2. The quantitative estimate of drug-likeness (QED) is 0.730. The van der Waals surface area contributed by atoms with Crippen molar-refractivity contribution < 1.29 is 0 Å². The van der Waals surface area contributed by atoms with Crippen LogP contribution in [0.25, 0.3) is 0 Å². The Morgan fingerprint density at radius 1 is 1.12 bits per heavy atom. The Bertz CT molecular complexity index is 244. The summed E-state index contributed by atoms with van der Waals surface area (Å²) >= 11 is 0. The predicted molar refractivity (Wildman–Crippen MR) is 74.3 cm³/mol. The van der Waals surface area contributed by atoms with Gasteiger partial charge in [0.25, 0.3) is 0 Å². The van der Waals surface area contributed by atoms with Gasteiger partial charge in [-0.05, 0) is 30.7 Å². The van der Waals surface area contributed by atoms with Gasteiger partial charge in [-0.15, -0.1) is 0 Å². The first-order valence-electron chi connectivity index (χ1n) is 7.43. The van der Waals surface area contributed by atoms with Crippen LogP contribution >= 0.6 is 0 Å². The van der Waals surface area contributed by atoms with Crippen molar-refractivity contribution in [2.75, 3.05) is 32.7 Å². The number of rotatable bonds is 2. The Morgan fingerprint density at radius 3 is 2.59 bits per heavy atom. The molecule has 0 aromatic heterocycles. The molecule has 100 valence electrons. The van der Waals surface area contributed by atoms with E-state index in [2.05, 4.69) is 37.5 Å². The molecule has 0 bridgehead atoms. The maximum Gasteiger partial charge on any atom is 0.0223 e. The van der Waals surface area contributed by atoms with Crippen LogP contribution in [0, 0.1) is 11.3 Å². The molecule has 0 aromatic rings. The van der Waals surface area contributed by atoms with Crippen LogP contribution in [0.4, 0.5) is 0 Å². The van der Waals surface area contributed by atoms with E-state index >= 15 is 0 Å². The number of hydrogen-bond donors (Lipinski definition) is 0. The Labute approximate surface area is 107 Å². The first kappa shape index (κ1) is 13.4. The molecule has 17 heavy (non-hydrogen) atoms. The van der Waals surface area contributed by atoms with Crippen LogP contribution < -0.4 is 0 Å². The van der Waals surface area contributed by atoms with Gasteiger partial charge in [0.2, 0.25) is 0 Å². The molecule has 2 aliphatic rings. The zero-order chi connectivity index (χ0) is 12.5. The highest BCUT2D eigenvalue weighted by Gasteiger charge is 2.30. The number of nitrogens with zero attached hydrogens (tertiary/aromatic N) is 2. The molecule has 0 spiro atoms. The molecule has 2 heteroatoms. The average molecular weight is 238 g/mol. The van der Waals surface area contributed by atoms with Crippen LogP contribution in [0.2, 0.25) is 0 Å². The summed E-state index contributed by atoms with van der Waals surface area (Å²) in [6.45, 7) is 16.1. The van der Waals surface area contributed by atoms with E-state index in [0.29, 0.717) is 5.41 Å². The summed E-state index contributed by atoms with van der Waals surface area (Å²) in [6, 6.07) is 0.865. The number of piperidine rings is 1. The van der Waals surface area contributed by atoms with Gasteiger partial charge < -0.3 is 4.90 Å². The van der Waals surface area contributed by atoms with Gasteiger partial charge in [0, 0.05) is 32.2 Å². The Balaban J connectivity index is 1.83. The van der Waals surface area contributed by atoms with E-state index in [1.807, 2.05) is 0 Å². The standard InChI is InChI=1S/C15H30N2/c1-13(15(2,3)4)11-16-9-10-17-8-6-5-7-14(17)12-16/h13-14H,5-12H2,1-4H3. The molecular formula is C15H30N2. The molecule has 2 saturated heterocycles. The molecule has 0 aromatic carbocycles. The highest BCUT2D eigenvalue weighted by atomic mass is 15.3. The molecule has 2 unspecified atom stereocenters. The summed E-state index contributed by atoms with van der Waals surface area (Å²) in [5, 5.41) is 0. The van der Waals surface area contributed by atoms with Gasteiger partial charge in [-0.25, -0.2) is 0 Å². The summed E-state index contributed by atoms with van der Waals surface area (Å²) in [5.41, 5.74) is 0.448. The van der Waals surface area contributed by atoms with Crippen LogP contribution in [-0.2, 0) is 0 Å². The van der Waals surface area contributed by atoms with Crippen molar-refractivity contribution in [1.82, 2.24) is 9.80 Å². The third kappa shape index (κ3) is 3.45. The first-order chi connectivity index (χ1) is 7.97. The lowest BCUT2D eigenvalue weighted by Gasteiger charge is -2.45. The second-order valence-electron chi connectivity index (χ2n) is 7.21. The van der Waals surface area contributed by atoms with Crippen molar-refractivity contribution in [3.8, 4) is 0 Å². The van der Waals surface area contributed by atoms with E-state index in [9.17, 15) is 0 Å². The average Bonchev–Trinajstić information content (AvgIpc) is 2.27. The Kier molecular flexibility index (Phi) is 4.14. The third-order valence-corrected chi connectivity index (χ3v) is 4.93. The fourth-order valence-electron chi connectivity index (χ4n) is 3.05. The van der Waals surface area contributed by atoms with Crippen LogP contribution in [-0.4, -0.2) is 48.6 Å². The monoisotopic (exact) mass is 238 g/mol. The highest BCUT2D eigenvalue weighted by molar-refractivity contribution is 4.86. The zero-order valence-corrected chi connectivity index (χ0v) is 12.2. The molecule has 0 radical (unpaired) electrons. The van der Waals surface area contributed by atoms with Crippen LogP contribution in [0.1, 0.15) is 47.0 Å².